The average Bonchev–Trinajstić information content (AvgIpc) is 3.27. The number of rotatable bonds is 4. The summed E-state index contributed by atoms with van der Waals surface area (Å²) < 4.78 is 0. The van der Waals surface area contributed by atoms with Gasteiger partial charge in [-0.15, -0.1) is 0 Å². The Morgan fingerprint density at radius 3 is 2.22 bits per heavy atom. The number of hydrogen-bond acceptors (Lipinski definition) is 3. The van der Waals surface area contributed by atoms with Crippen molar-refractivity contribution in [2.75, 3.05) is 13.6 Å². The average molecular weight is 497 g/mol. The number of piperidine rings is 1. The van der Waals surface area contributed by atoms with E-state index < -0.39 is 0 Å². The Morgan fingerprint density at radius 2 is 1.57 bits per heavy atom. The van der Waals surface area contributed by atoms with Crippen LogP contribution in [0.15, 0.2) is 72.4 Å². The summed E-state index contributed by atoms with van der Waals surface area (Å²) in [5, 5.41) is 3.49. The summed E-state index contributed by atoms with van der Waals surface area (Å²) in [5.74, 6) is 2.26. The van der Waals surface area contributed by atoms with Gasteiger partial charge < -0.3 is 10.2 Å². The number of hydrogen-bond donors (Lipinski definition) is 1. The number of carbonyl (C=O) groups is 2. The number of amides is 1. The lowest BCUT2D eigenvalue weighted by Gasteiger charge is -2.60. The van der Waals surface area contributed by atoms with Crippen LogP contribution < -0.4 is 5.32 Å². The molecule has 1 heterocycles. The zero-order valence-electron chi connectivity index (χ0n) is 22.5. The van der Waals surface area contributed by atoms with Crippen LogP contribution in [0.3, 0.4) is 0 Å². The number of likely N-dealkylation sites (tertiary alicyclic amines) is 1. The first-order chi connectivity index (χ1) is 17.8. The molecule has 6 atom stereocenters. The van der Waals surface area contributed by atoms with E-state index in [0.29, 0.717) is 24.2 Å². The molecule has 0 bridgehead atoms. The van der Waals surface area contributed by atoms with Crippen molar-refractivity contribution in [1.82, 2.24) is 10.2 Å². The van der Waals surface area contributed by atoms with Crippen molar-refractivity contribution in [1.29, 1.82) is 0 Å². The van der Waals surface area contributed by atoms with Crippen molar-refractivity contribution in [2.24, 2.45) is 34.5 Å². The molecule has 37 heavy (non-hydrogen) atoms. The molecule has 6 rings (SSSR count). The molecule has 194 valence electrons. The largest absolute Gasteiger partial charge is 0.377 e. The van der Waals surface area contributed by atoms with Gasteiger partial charge in [-0.25, -0.2) is 0 Å². The van der Waals surface area contributed by atoms with E-state index in [9.17, 15) is 9.59 Å². The number of benzene rings is 2. The van der Waals surface area contributed by atoms with E-state index in [0.717, 1.165) is 49.8 Å². The monoisotopic (exact) mass is 496 g/mol. The van der Waals surface area contributed by atoms with Gasteiger partial charge in [0.25, 0.3) is 0 Å². The highest BCUT2D eigenvalue weighted by atomic mass is 16.2. The molecule has 0 unspecified atom stereocenters. The molecule has 1 aliphatic heterocycles. The van der Waals surface area contributed by atoms with Gasteiger partial charge in [0.05, 0.1) is 6.04 Å². The van der Waals surface area contributed by atoms with Gasteiger partial charge in [-0.1, -0.05) is 74.5 Å². The third-order valence-electron chi connectivity index (χ3n) is 10.8. The summed E-state index contributed by atoms with van der Waals surface area (Å²) in [5.41, 5.74) is 3.61. The van der Waals surface area contributed by atoms with Crippen LogP contribution in [-0.2, 0) is 9.59 Å². The molecule has 4 aliphatic rings. The normalized spacial score (nSPS) is 34.9. The predicted molar refractivity (Wildman–Crippen MR) is 146 cm³/mol. The third kappa shape index (κ3) is 3.95. The fourth-order valence-corrected chi connectivity index (χ4v) is 8.89. The first kappa shape index (κ1) is 24.5. The molecule has 1 amide bonds. The number of ketones is 1. The number of nitrogens with one attached hydrogen (secondary N) is 1. The summed E-state index contributed by atoms with van der Waals surface area (Å²) in [7, 11) is 2.17. The van der Waals surface area contributed by atoms with Crippen LogP contribution >= 0.6 is 0 Å². The lowest BCUT2D eigenvalue weighted by molar-refractivity contribution is -0.134. The molecule has 0 aromatic heterocycles. The zero-order chi connectivity index (χ0) is 25.8. The highest BCUT2D eigenvalue weighted by Gasteiger charge is 2.61. The second-order valence-electron chi connectivity index (χ2n) is 12.6. The van der Waals surface area contributed by atoms with Crippen LogP contribution in [0.2, 0.25) is 0 Å². The van der Waals surface area contributed by atoms with Gasteiger partial charge in [-0.2, -0.15) is 0 Å². The molecule has 2 aromatic rings. The van der Waals surface area contributed by atoms with Gasteiger partial charge in [0.2, 0.25) is 5.91 Å². The molecule has 0 radical (unpaired) electrons. The smallest absolute Gasteiger partial charge is 0.224 e. The van der Waals surface area contributed by atoms with Crippen molar-refractivity contribution >= 4 is 11.7 Å². The molecule has 1 saturated heterocycles. The lowest BCUT2D eigenvalue weighted by atomic mass is 9.49. The van der Waals surface area contributed by atoms with Crippen LogP contribution in [-0.4, -0.2) is 30.2 Å². The van der Waals surface area contributed by atoms with Crippen molar-refractivity contribution < 1.29 is 9.59 Å². The topological polar surface area (TPSA) is 49.4 Å². The van der Waals surface area contributed by atoms with Crippen LogP contribution in [0.4, 0.5) is 0 Å². The maximum Gasteiger partial charge on any atom is 0.224 e. The maximum absolute atomic E-state index is 14.0. The molecule has 2 saturated carbocycles. The predicted octanol–water partition coefficient (Wildman–Crippen LogP) is 6.15. The maximum atomic E-state index is 14.0. The van der Waals surface area contributed by atoms with E-state index in [-0.39, 0.29) is 34.5 Å². The lowest BCUT2D eigenvalue weighted by Crippen LogP contribution is -2.57. The summed E-state index contributed by atoms with van der Waals surface area (Å²) in [6.07, 6.45) is 7.91. The number of nitrogens with zero attached hydrogens (tertiary/aromatic N) is 1. The second kappa shape index (κ2) is 9.15. The fourth-order valence-electron chi connectivity index (χ4n) is 8.89. The quantitative estimate of drug-likeness (QED) is 0.552. The van der Waals surface area contributed by atoms with Crippen molar-refractivity contribution in [2.45, 2.75) is 58.4 Å². The molecular weight excluding hydrogens is 456 g/mol. The minimum atomic E-state index is -0.138. The van der Waals surface area contributed by atoms with Gasteiger partial charge in [0.1, 0.15) is 0 Å². The van der Waals surface area contributed by atoms with Crippen LogP contribution in [0.25, 0.3) is 0 Å². The van der Waals surface area contributed by atoms with E-state index in [1.54, 1.807) is 0 Å². The molecule has 0 spiro atoms. The molecule has 2 aromatic carbocycles. The van der Waals surface area contributed by atoms with Crippen molar-refractivity contribution in [3.8, 4) is 0 Å². The minimum absolute atomic E-state index is 0.0199. The van der Waals surface area contributed by atoms with Crippen LogP contribution in [0, 0.1) is 34.5 Å². The molecule has 3 fully saturated rings. The Labute approximate surface area is 221 Å². The molecular formula is C33H40N2O2. The van der Waals surface area contributed by atoms with Gasteiger partial charge in [0.15, 0.2) is 5.78 Å². The molecule has 3 aliphatic carbocycles. The van der Waals surface area contributed by atoms with E-state index in [1.807, 2.05) is 42.5 Å². The standard InChI is InChI=1S/C33H40N2O2/c1-32-19-17-27-25(21-35(3)29-20-24(36)16-18-33(27,29)2)26(32)14-15-28(32)31(37)34-30(22-10-6-4-7-11-22)23-12-8-5-9-13-23/h4-13,20,25-28,30H,14-19,21H2,1-3H3,(H,34,37)/t25-,26-,27-,28+,32-,33+/m0/s1. The number of fused-ring (bicyclic) bond motifs is 5. The van der Waals surface area contributed by atoms with E-state index >= 15 is 0 Å². The Morgan fingerprint density at radius 1 is 0.919 bits per heavy atom. The van der Waals surface area contributed by atoms with Gasteiger partial charge in [0, 0.05) is 43.1 Å². The number of carbonyl (C=O) groups excluding carboxylic acids is 2. The van der Waals surface area contributed by atoms with E-state index in [1.165, 1.54) is 5.70 Å². The first-order valence-corrected chi connectivity index (χ1v) is 14.2. The summed E-state index contributed by atoms with van der Waals surface area (Å²) in [4.78, 5) is 28.7. The van der Waals surface area contributed by atoms with Crippen LogP contribution in [0.1, 0.15) is 69.5 Å². The van der Waals surface area contributed by atoms with Gasteiger partial charge >= 0.3 is 0 Å². The molecule has 4 heteroatoms. The van der Waals surface area contributed by atoms with E-state index in [4.69, 9.17) is 0 Å². The summed E-state index contributed by atoms with van der Waals surface area (Å²) >= 11 is 0. The Bertz CT molecular complexity index is 1170. The number of allylic oxidation sites excluding steroid dienone is 2. The highest BCUT2D eigenvalue weighted by molar-refractivity contribution is 5.91. The van der Waals surface area contributed by atoms with Crippen molar-refractivity contribution in [3.63, 3.8) is 0 Å². The third-order valence-corrected chi connectivity index (χ3v) is 10.8. The SMILES string of the molecule is CN1C[C@H]2[C@@H]3CC[C@H](C(=O)NC(c4ccccc4)c4ccccc4)[C@@]3(C)CC[C@@H]2[C@@]2(C)CCC(=O)C=C12. The minimum Gasteiger partial charge on any atom is -0.377 e. The van der Waals surface area contributed by atoms with Gasteiger partial charge in [-0.05, 0) is 66.4 Å². The van der Waals surface area contributed by atoms with Gasteiger partial charge in [-0.3, -0.25) is 9.59 Å². The highest BCUT2D eigenvalue weighted by Crippen LogP contribution is 2.65. The summed E-state index contributed by atoms with van der Waals surface area (Å²) in [6, 6.07) is 20.6. The van der Waals surface area contributed by atoms with E-state index in [2.05, 4.69) is 55.4 Å². The van der Waals surface area contributed by atoms with Crippen LogP contribution in [0.5, 0.6) is 0 Å². The molecule has 1 N–H and O–H groups in total. The Hall–Kier alpha value is -2.88. The fraction of sp³-hybridized carbons (Fsp3) is 0.515. The summed E-state index contributed by atoms with van der Waals surface area (Å²) in [6.45, 7) is 5.82. The second-order valence-corrected chi connectivity index (χ2v) is 12.6. The molecule has 4 nitrogen and oxygen atoms in total. The van der Waals surface area contributed by atoms with Crippen molar-refractivity contribution in [3.05, 3.63) is 83.6 Å². The first-order valence-electron chi connectivity index (χ1n) is 14.2. The Kier molecular flexibility index (Phi) is 6.05. The Balaban J connectivity index is 1.26. The zero-order valence-corrected chi connectivity index (χ0v) is 22.5.